The number of nitrogens with one attached hydrogen (secondary N) is 2. The Morgan fingerprint density at radius 3 is 2.91 bits per heavy atom. The van der Waals surface area contributed by atoms with Crippen molar-refractivity contribution in [1.29, 1.82) is 0 Å². The van der Waals surface area contributed by atoms with Crippen LogP contribution in [0, 0.1) is 0 Å². The van der Waals surface area contributed by atoms with Crippen LogP contribution in [0.2, 0.25) is 5.02 Å². The quantitative estimate of drug-likeness (QED) is 0.898. The molecular weight excluding hydrogens is 320 g/mol. The molecule has 3 rings (SSSR count). The first-order chi connectivity index (χ1) is 11.1. The van der Waals surface area contributed by atoms with Crippen molar-refractivity contribution in [3.8, 4) is 5.75 Å². The predicted molar refractivity (Wildman–Crippen MR) is 84.8 cm³/mol. The smallest absolute Gasteiger partial charge is 0.340 e. The van der Waals surface area contributed by atoms with Gasteiger partial charge in [0, 0.05) is 17.1 Å². The number of aromatic amines is 2. The molecule has 1 fully saturated rings. The van der Waals surface area contributed by atoms with Gasteiger partial charge in [0.05, 0.1) is 13.2 Å². The normalized spacial score (nSPS) is 18.0. The van der Waals surface area contributed by atoms with Crippen molar-refractivity contribution in [1.82, 2.24) is 20.1 Å². The Hall–Kier alpha value is -2.28. The van der Waals surface area contributed by atoms with Crippen LogP contribution in [-0.4, -0.2) is 39.6 Å². The summed E-state index contributed by atoms with van der Waals surface area (Å²) in [5.74, 6) is 0.860. The van der Waals surface area contributed by atoms with E-state index in [1.54, 1.807) is 23.1 Å². The van der Waals surface area contributed by atoms with Crippen molar-refractivity contribution in [2.24, 2.45) is 0 Å². The number of H-pyrrole nitrogens is 2. The SMILES string of the molecule is COc1cc(Cl)cc(C(=O)N2CCCC[C@H]2c2n[nH]c(=O)[nH]2)c1. The molecule has 0 aliphatic carbocycles. The van der Waals surface area contributed by atoms with Gasteiger partial charge in [0.25, 0.3) is 5.91 Å². The average molecular weight is 337 g/mol. The highest BCUT2D eigenvalue weighted by Gasteiger charge is 2.31. The lowest BCUT2D eigenvalue weighted by molar-refractivity contribution is 0.0600. The molecule has 23 heavy (non-hydrogen) atoms. The van der Waals surface area contributed by atoms with Crippen LogP contribution < -0.4 is 10.4 Å². The van der Waals surface area contributed by atoms with Gasteiger partial charge in [-0.15, -0.1) is 0 Å². The number of rotatable bonds is 3. The van der Waals surface area contributed by atoms with E-state index in [-0.39, 0.29) is 17.6 Å². The third kappa shape index (κ3) is 3.24. The molecular formula is C15H17ClN4O3. The first-order valence-corrected chi connectivity index (χ1v) is 7.76. The zero-order valence-corrected chi connectivity index (χ0v) is 13.4. The zero-order valence-electron chi connectivity index (χ0n) is 12.6. The van der Waals surface area contributed by atoms with Gasteiger partial charge in [0.2, 0.25) is 0 Å². The first-order valence-electron chi connectivity index (χ1n) is 7.38. The van der Waals surface area contributed by atoms with Crippen LogP contribution in [0.5, 0.6) is 5.75 Å². The number of ether oxygens (including phenoxy) is 1. The number of nitrogens with zero attached hydrogens (tertiary/aromatic N) is 2. The molecule has 0 bridgehead atoms. The van der Waals surface area contributed by atoms with Crippen LogP contribution in [-0.2, 0) is 0 Å². The molecule has 2 aromatic rings. The number of hydrogen-bond acceptors (Lipinski definition) is 4. The maximum absolute atomic E-state index is 12.9. The summed E-state index contributed by atoms with van der Waals surface area (Å²) < 4.78 is 5.17. The summed E-state index contributed by atoms with van der Waals surface area (Å²) in [4.78, 5) is 28.6. The fraction of sp³-hybridized carbons (Fsp3) is 0.400. The molecule has 2 N–H and O–H groups in total. The van der Waals surface area contributed by atoms with Gasteiger partial charge in [-0.25, -0.2) is 9.89 Å². The second kappa shape index (κ2) is 6.45. The second-order valence-electron chi connectivity index (χ2n) is 5.45. The van der Waals surface area contributed by atoms with Crippen LogP contribution in [0.1, 0.15) is 41.5 Å². The van der Waals surface area contributed by atoms with Crippen molar-refractivity contribution in [2.45, 2.75) is 25.3 Å². The highest BCUT2D eigenvalue weighted by Crippen LogP contribution is 2.31. The van der Waals surface area contributed by atoms with Gasteiger partial charge >= 0.3 is 5.69 Å². The fourth-order valence-corrected chi connectivity index (χ4v) is 3.09. The highest BCUT2D eigenvalue weighted by atomic mass is 35.5. The van der Waals surface area contributed by atoms with Crippen LogP contribution in [0.25, 0.3) is 0 Å². The number of amides is 1. The van der Waals surface area contributed by atoms with E-state index in [0.29, 0.717) is 28.7 Å². The number of benzene rings is 1. The van der Waals surface area contributed by atoms with E-state index < -0.39 is 0 Å². The number of hydrogen-bond donors (Lipinski definition) is 2. The summed E-state index contributed by atoms with van der Waals surface area (Å²) >= 11 is 6.05. The van der Waals surface area contributed by atoms with Crippen LogP contribution in [0.15, 0.2) is 23.0 Å². The average Bonchev–Trinajstić information content (AvgIpc) is 3.00. The van der Waals surface area contributed by atoms with Crippen molar-refractivity contribution in [2.75, 3.05) is 13.7 Å². The molecule has 7 nitrogen and oxygen atoms in total. The van der Waals surface area contributed by atoms with Crippen LogP contribution >= 0.6 is 11.6 Å². The third-order valence-electron chi connectivity index (χ3n) is 3.95. The highest BCUT2D eigenvalue weighted by molar-refractivity contribution is 6.31. The minimum atomic E-state index is -0.373. The maximum atomic E-state index is 12.9. The van der Waals surface area contributed by atoms with Gasteiger partial charge in [-0.1, -0.05) is 11.6 Å². The molecule has 122 valence electrons. The van der Waals surface area contributed by atoms with Crippen LogP contribution in [0.3, 0.4) is 0 Å². The molecule has 0 spiro atoms. The minimum absolute atomic E-state index is 0.153. The molecule has 8 heteroatoms. The van der Waals surface area contributed by atoms with Gasteiger partial charge in [-0.2, -0.15) is 5.10 Å². The van der Waals surface area contributed by atoms with E-state index in [2.05, 4.69) is 15.2 Å². The third-order valence-corrected chi connectivity index (χ3v) is 4.17. The topological polar surface area (TPSA) is 91.1 Å². The summed E-state index contributed by atoms with van der Waals surface area (Å²) in [5.41, 5.74) is 0.0847. The van der Waals surface area contributed by atoms with E-state index in [1.807, 2.05) is 0 Å². The summed E-state index contributed by atoms with van der Waals surface area (Å²) in [6, 6.07) is 4.68. The van der Waals surface area contributed by atoms with Crippen molar-refractivity contribution >= 4 is 17.5 Å². The standard InChI is InChI=1S/C15H17ClN4O3/c1-23-11-7-9(6-10(16)8-11)14(21)20-5-3-2-4-12(20)13-17-15(22)19-18-13/h6-8,12H,2-5H2,1H3,(H2,17,18,19,22)/t12-/m0/s1. The number of carbonyl (C=O) groups excluding carboxylic acids is 1. The van der Waals surface area contributed by atoms with Gasteiger partial charge in [-0.05, 0) is 37.5 Å². The van der Waals surface area contributed by atoms with E-state index >= 15 is 0 Å². The Morgan fingerprint density at radius 1 is 1.39 bits per heavy atom. The van der Waals surface area contributed by atoms with E-state index in [0.717, 1.165) is 19.3 Å². The number of carbonyl (C=O) groups is 1. The molecule has 2 heterocycles. The molecule has 1 amide bonds. The van der Waals surface area contributed by atoms with Crippen molar-refractivity contribution < 1.29 is 9.53 Å². The lowest BCUT2D eigenvalue weighted by atomic mass is 10.00. The van der Waals surface area contributed by atoms with Crippen LogP contribution in [0.4, 0.5) is 0 Å². The van der Waals surface area contributed by atoms with Gasteiger partial charge in [0.15, 0.2) is 5.82 Å². The Morgan fingerprint density at radius 2 is 2.22 bits per heavy atom. The summed E-state index contributed by atoms with van der Waals surface area (Å²) in [7, 11) is 1.53. The molecule has 0 radical (unpaired) electrons. The lowest BCUT2D eigenvalue weighted by Gasteiger charge is -2.34. The van der Waals surface area contributed by atoms with E-state index in [1.165, 1.54) is 7.11 Å². The molecule has 1 aliphatic rings. The largest absolute Gasteiger partial charge is 0.497 e. The van der Waals surface area contributed by atoms with E-state index in [9.17, 15) is 9.59 Å². The number of aromatic nitrogens is 3. The Labute approximate surface area is 137 Å². The minimum Gasteiger partial charge on any atom is -0.497 e. The number of methoxy groups -OCH3 is 1. The monoisotopic (exact) mass is 336 g/mol. The Kier molecular flexibility index (Phi) is 4.38. The Bertz CT molecular complexity index is 770. The molecule has 1 aromatic carbocycles. The molecule has 1 aliphatic heterocycles. The summed E-state index contributed by atoms with van der Waals surface area (Å²) in [6.45, 7) is 0.604. The van der Waals surface area contributed by atoms with E-state index in [4.69, 9.17) is 16.3 Å². The first kappa shape index (κ1) is 15.6. The predicted octanol–water partition coefficient (Wildman–Crippen LogP) is 2.13. The van der Waals surface area contributed by atoms with Gasteiger partial charge in [0.1, 0.15) is 5.75 Å². The lowest BCUT2D eigenvalue weighted by Crippen LogP contribution is -2.39. The Balaban J connectivity index is 1.92. The summed E-state index contributed by atoms with van der Waals surface area (Å²) in [5, 5.41) is 6.77. The fourth-order valence-electron chi connectivity index (χ4n) is 2.87. The summed E-state index contributed by atoms with van der Waals surface area (Å²) in [6.07, 6.45) is 2.64. The molecule has 0 saturated carbocycles. The number of piperidine rings is 1. The molecule has 1 saturated heterocycles. The number of halogens is 1. The molecule has 1 aromatic heterocycles. The van der Waals surface area contributed by atoms with Crippen molar-refractivity contribution in [3.63, 3.8) is 0 Å². The second-order valence-corrected chi connectivity index (χ2v) is 5.89. The maximum Gasteiger partial charge on any atom is 0.340 e. The number of likely N-dealkylation sites (tertiary alicyclic amines) is 1. The molecule has 0 unspecified atom stereocenters. The molecule has 1 atom stereocenters. The zero-order chi connectivity index (χ0) is 16.4. The van der Waals surface area contributed by atoms with Gasteiger partial charge < -0.3 is 9.64 Å². The van der Waals surface area contributed by atoms with Gasteiger partial charge in [-0.3, -0.25) is 9.78 Å². The van der Waals surface area contributed by atoms with Crippen molar-refractivity contribution in [3.05, 3.63) is 45.1 Å².